The number of nitrogens with one attached hydrogen (secondary N) is 1. The largest absolute Gasteiger partial charge is 0.305 e. The first-order chi connectivity index (χ1) is 8.60. The van der Waals surface area contributed by atoms with Crippen LogP contribution in [0.2, 0.25) is 0 Å². The predicted octanol–water partition coefficient (Wildman–Crippen LogP) is 3.69. The summed E-state index contributed by atoms with van der Waals surface area (Å²) >= 11 is 3.13. The maximum absolute atomic E-state index is 14.0. The van der Waals surface area contributed by atoms with Crippen LogP contribution in [0.3, 0.4) is 0 Å². The smallest absolute Gasteiger partial charge is 0.185 e. The highest BCUT2D eigenvalue weighted by Crippen LogP contribution is 2.31. The summed E-state index contributed by atoms with van der Waals surface area (Å²) in [5, 5.41) is 3.28. The van der Waals surface area contributed by atoms with Crippen molar-refractivity contribution < 1.29 is 9.18 Å². The van der Waals surface area contributed by atoms with Crippen LogP contribution in [0.15, 0.2) is 22.7 Å². The van der Waals surface area contributed by atoms with E-state index >= 15 is 0 Å². The van der Waals surface area contributed by atoms with Gasteiger partial charge in [0.05, 0.1) is 15.6 Å². The van der Waals surface area contributed by atoms with Gasteiger partial charge >= 0.3 is 0 Å². The van der Waals surface area contributed by atoms with E-state index in [0.29, 0.717) is 4.47 Å². The summed E-state index contributed by atoms with van der Waals surface area (Å²) in [6.07, 6.45) is 3.44. The topological polar surface area (TPSA) is 29.1 Å². The summed E-state index contributed by atoms with van der Waals surface area (Å²) < 4.78 is 14.4. The first-order valence-electron chi connectivity index (χ1n) is 6.34. The summed E-state index contributed by atoms with van der Waals surface area (Å²) in [6.45, 7) is 2.88. The molecule has 0 bridgehead atoms. The molecule has 1 atom stereocenters. The Bertz CT molecular complexity index is 455. The third-order valence-electron chi connectivity index (χ3n) is 3.55. The average Bonchev–Trinajstić information content (AvgIpc) is 2.82. The van der Waals surface area contributed by atoms with E-state index in [1.54, 1.807) is 18.2 Å². The second-order valence-electron chi connectivity index (χ2n) is 4.79. The van der Waals surface area contributed by atoms with E-state index in [-0.39, 0.29) is 11.3 Å². The fourth-order valence-corrected chi connectivity index (χ4v) is 3.06. The molecule has 1 aliphatic heterocycles. The van der Waals surface area contributed by atoms with Gasteiger partial charge in [-0.2, -0.15) is 0 Å². The first kappa shape index (κ1) is 13.7. The van der Waals surface area contributed by atoms with Gasteiger partial charge in [-0.05, 0) is 53.9 Å². The molecule has 0 saturated carbocycles. The van der Waals surface area contributed by atoms with E-state index in [0.717, 1.165) is 32.2 Å². The van der Waals surface area contributed by atoms with Gasteiger partial charge in [-0.3, -0.25) is 4.79 Å². The van der Waals surface area contributed by atoms with Crippen molar-refractivity contribution in [3.05, 3.63) is 34.1 Å². The number of rotatable bonds is 4. The number of Topliss-reactive ketones (excluding diaryl/α,β-unsaturated/α-hetero) is 1. The van der Waals surface area contributed by atoms with E-state index in [2.05, 4.69) is 21.2 Å². The minimum Gasteiger partial charge on any atom is -0.305 e. The van der Waals surface area contributed by atoms with Crippen molar-refractivity contribution in [2.24, 2.45) is 0 Å². The lowest BCUT2D eigenvalue weighted by Crippen LogP contribution is -2.47. The lowest BCUT2D eigenvalue weighted by Gasteiger charge is -2.28. The molecule has 2 rings (SSSR count). The van der Waals surface area contributed by atoms with Crippen molar-refractivity contribution in [1.82, 2.24) is 5.32 Å². The average molecular weight is 314 g/mol. The number of carbonyl (C=O) groups is 1. The van der Waals surface area contributed by atoms with Gasteiger partial charge in [0.15, 0.2) is 5.78 Å². The Labute approximate surface area is 115 Å². The number of benzene rings is 1. The number of ketones is 1. The highest BCUT2D eigenvalue weighted by atomic mass is 79.9. The van der Waals surface area contributed by atoms with E-state index in [1.807, 2.05) is 6.92 Å². The SMILES string of the molecule is CCCC1(C(=O)c2cccc(Br)c2F)CCCN1. The summed E-state index contributed by atoms with van der Waals surface area (Å²) in [6, 6.07) is 4.88. The molecule has 1 aromatic carbocycles. The molecule has 0 radical (unpaired) electrons. The van der Waals surface area contributed by atoms with E-state index in [4.69, 9.17) is 0 Å². The zero-order valence-corrected chi connectivity index (χ0v) is 12.0. The zero-order chi connectivity index (χ0) is 13.2. The summed E-state index contributed by atoms with van der Waals surface area (Å²) in [7, 11) is 0. The summed E-state index contributed by atoms with van der Waals surface area (Å²) in [5.41, 5.74) is -0.372. The minimum absolute atomic E-state index is 0.111. The number of hydrogen-bond donors (Lipinski definition) is 1. The van der Waals surface area contributed by atoms with Crippen LogP contribution in [-0.4, -0.2) is 17.9 Å². The molecule has 18 heavy (non-hydrogen) atoms. The van der Waals surface area contributed by atoms with Gasteiger partial charge in [0.2, 0.25) is 0 Å². The minimum atomic E-state index is -0.559. The molecule has 4 heteroatoms. The molecule has 1 aliphatic rings. The standard InChI is InChI=1S/C14H17BrFNO/c1-2-7-14(8-4-9-17-14)13(18)10-5-3-6-11(15)12(10)16/h3,5-6,17H,2,4,7-9H2,1H3. The molecule has 0 aliphatic carbocycles. The normalized spacial score (nSPS) is 23.3. The lowest BCUT2D eigenvalue weighted by molar-refractivity contribution is 0.0853. The van der Waals surface area contributed by atoms with Crippen LogP contribution in [0, 0.1) is 5.82 Å². The van der Waals surface area contributed by atoms with Gasteiger partial charge in [0, 0.05) is 0 Å². The molecular formula is C14H17BrFNO. The summed E-state index contributed by atoms with van der Waals surface area (Å²) in [5.74, 6) is -0.563. The Balaban J connectivity index is 2.37. The highest BCUT2D eigenvalue weighted by Gasteiger charge is 2.41. The van der Waals surface area contributed by atoms with Crippen LogP contribution < -0.4 is 5.32 Å². The molecule has 1 saturated heterocycles. The zero-order valence-electron chi connectivity index (χ0n) is 10.4. The van der Waals surface area contributed by atoms with E-state index in [1.165, 1.54) is 0 Å². The van der Waals surface area contributed by atoms with Crippen molar-refractivity contribution in [2.75, 3.05) is 6.54 Å². The number of hydrogen-bond acceptors (Lipinski definition) is 2. The molecule has 1 unspecified atom stereocenters. The quantitative estimate of drug-likeness (QED) is 0.859. The van der Waals surface area contributed by atoms with Gasteiger partial charge in [0.25, 0.3) is 0 Å². The van der Waals surface area contributed by atoms with Crippen LogP contribution in [0.1, 0.15) is 43.0 Å². The van der Waals surface area contributed by atoms with Crippen molar-refractivity contribution >= 4 is 21.7 Å². The third-order valence-corrected chi connectivity index (χ3v) is 4.16. The third kappa shape index (κ3) is 2.36. The number of carbonyl (C=O) groups excluding carboxylic acids is 1. The molecule has 0 amide bonds. The fourth-order valence-electron chi connectivity index (χ4n) is 2.69. The molecule has 1 fully saturated rings. The molecule has 1 aromatic rings. The molecule has 1 N–H and O–H groups in total. The van der Waals surface area contributed by atoms with Crippen LogP contribution in [0.5, 0.6) is 0 Å². The van der Waals surface area contributed by atoms with Gasteiger partial charge in [0.1, 0.15) is 5.82 Å². The van der Waals surface area contributed by atoms with Crippen molar-refractivity contribution in [2.45, 2.75) is 38.1 Å². The Hall–Kier alpha value is -0.740. The van der Waals surface area contributed by atoms with Gasteiger partial charge < -0.3 is 5.32 Å². The van der Waals surface area contributed by atoms with Gasteiger partial charge in [-0.1, -0.05) is 19.4 Å². The monoisotopic (exact) mass is 313 g/mol. The molecule has 0 spiro atoms. The highest BCUT2D eigenvalue weighted by molar-refractivity contribution is 9.10. The predicted molar refractivity (Wildman–Crippen MR) is 73.3 cm³/mol. The van der Waals surface area contributed by atoms with E-state index < -0.39 is 11.4 Å². The summed E-state index contributed by atoms with van der Waals surface area (Å²) in [4.78, 5) is 12.6. The van der Waals surface area contributed by atoms with Crippen molar-refractivity contribution in [1.29, 1.82) is 0 Å². The Morgan fingerprint density at radius 2 is 2.33 bits per heavy atom. The Kier molecular flexibility index (Phi) is 4.17. The van der Waals surface area contributed by atoms with Gasteiger partial charge in [-0.15, -0.1) is 0 Å². The maximum Gasteiger partial charge on any atom is 0.185 e. The molecular weight excluding hydrogens is 297 g/mol. The maximum atomic E-state index is 14.0. The molecule has 0 aromatic heterocycles. The lowest BCUT2D eigenvalue weighted by atomic mass is 9.84. The molecule has 98 valence electrons. The number of halogens is 2. The Morgan fingerprint density at radius 1 is 1.56 bits per heavy atom. The van der Waals surface area contributed by atoms with Crippen LogP contribution >= 0.6 is 15.9 Å². The van der Waals surface area contributed by atoms with Gasteiger partial charge in [-0.25, -0.2) is 4.39 Å². The first-order valence-corrected chi connectivity index (χ1v) is 7.14. The second-order valence-corrected chi connectivity index (χ2v) is 5.65. The van der Waals surface area contributed by atoms with Crippen LogP contribution in [-0.2, 0) is 0 Å². The second kappa shape index (κ2) is 5.49. The van der Waals surface area contributed by atoms with Crippen molar-refractivity contribution in [3.8, 4) is 0 Å². The van der Waals surface area contributed by atoms with Crippen LogP contribution in [0.25, 0.3) is 0 Å². The van der Waals surface area contributed by atoms with E-state index in [9.17, 15) is 9.18 Å². The van der Waals surface area contributed by atoms with Crippen molar-refractivity contribution in [3.63, 3.8) is 0 Å². The molecule has 2 nitrogen and oxygen atoms in total. The Morgan fingerprint density at radius 3 is 2.94 bits per heavy atom. The fraction of sp³-hybridized carbons (Fsp3) is 0.500. The molecule has 1 heterocycles. The van der Waals surface area contributed by atoms with Crippen LogP contribution in [0.4, 0.5) is 4.39 Å².